The van der Waals surface area contributed by atoms with Gasteiger partial charge in [0.15, 0.2) is 9.84 Å². The number of benzene rings is 1. The molecule has 1 aliphatic rings. The van der Waals surface area contributed by atoms with Gasteiger partial charge < -0.3 is 10.6 Å². The topological polar surface area (TPSA) is 75.3 Å². The molecular formula is C14H16N2O3S. The van der Waals surface area contributed by atoms with E-state index in [2.05, 4.69) is 22.5 Å². The van der Waals surface area contributed by atoms with Gasteiger partial charge in [-0.05, 0) is 18.6 Å². The van der Waals surface area contributed by atoms with Crippen LogP contribution in [-0.4, -0.2) is 38.5 Å². The molecule has 1 fully saturated rings. The molecule has 0 radical (unpaired) electrons. The lowest BCUT2D eigenvalue weighted by atomic mass is 10.2. The molecule has 6 heteroatoms. The zero-order valence-corrected chi connectivity index (χ0v) is 11.7. The molecule has 0 saturated carbocycles. The lowest BCUT2D eigenvalue weighted by Crippen LogP contribution is -2.42. The van der Waals surface area contributed by atoms with E-state index < -0.39 is 9.84 Å². The summed E-state index contributed by atoms with van der Waals surface area (Å²) in [5.41, 5.74) is 0.886. The number of carbonyl (C=O) groups is 1. The first-order chi connectivity index (χ1) is 9.55. The SMILES string of the molecule is O=C(NCC#Cc1ccccc1)NC1CCS(=O)(=O)C1. The van der Waals surface area contributed by atoms with Gasteiger partial charge in [-0.1, -0.05) is 30.0 Å². The van der Waals surface area contributed by atoms with Gasteiger partial charge in [0, 0.05) is 11.6 Å². The number of urea groups is 1. The second kappa shape index (κ2) is 6.44. The van der Waals surface area contributed by atoms with Crippen molar-refractivity contribution in [2.45, 2.75) is 12.5 Å². The maximum Gasteiger partial charge on any atom is 0.315 e. The van der Waals surface area contributed by atoms with E-state index in [1.807, 2.05) is 30.3 Å². The Morgan fingerprint density at radius 2 is 2.05 bits per heavy atom. The zero-order valence-electron chi connectivity index (χ0n) is 10.9. The van der Waals surface area contributed by atoms with Gasteiger partial charge in [-0.25, -0.2) is 13.2 Å². The summed E-state index contributed by atoms with van der Waals surface area (Å²) in [7, 11) is -2.97. The summed E-state index contributed by atoms with van der Waals surface area (Å²) in [6, 6.07) is 8.80. The molecule has 1 atom stereocenters. The predicted octanol–water partition coefficient (Wildman–Crippen LogP) is 0.524. The van der Waals surface area contributed by atoms with Gasteiger partial charge >= 0.3 is 6.03 Å². The first kappa shape index (κ1) is 14.4. The van der Waals surface area contributed by atoms with Gasteiger partial charge in [0.1, 0.15) is 0 Å². The number of nitrogens with one attached hydrogen (secondary N) is 2. The van der Waals surface area contributed by atoms with Crippen LogP contribution in [-0.2, 0) is 9.84 Å². The average Bonchev–Trinajstić information content (AvgIpc) is 2.75. The van der Waals surface area contributed by atoms with Crippen molar-refractivity contribution in [3.8, 4) is 11.8 Å². The van der Waals surface area contributed by atoms with Crippen LogP contribution in [0.25, 0.3) is 0 Å². The molecule has 0 aliphatic carbocycles. The number of hydrogen-bond donors (Lipinski definition) is 2. The smallest absolute Gasteiger partial charge is 0.315 e. The third-order valence-corrected chi connectivity index (χ3v) is 4.68. The Balaban J connectivity index is 1.73. The molecule has 1 aromatic rings. The highest BCUT2D eigenvalue weighted by Crippen LogP contribution is 2.10. The van der Waals surface area contributed by atoms with E-state index in [9.17, 15) is 13.2 Å². The summed E-state index contributed by atoms with van der Waals surface area (Å²) >= 11 is 0. The number of rotatable bonds is 2. The van der Waals surface area contributed by atoms with E-state index in [1.165, 1.54) is 0 Å². The average molecular weight is 292 g/mol. The monoisotopic (exact) mass is 292 g/mol. The molecule has 5 nitrogen and oxygen atoms in total. The Labute approximate surface area is 118 Å². The molecule has 1 aliphatic heterocycles. The van der Waals surface area contributed by atoms with E-state index >= 15 is 0 Å². The van der Waals surface area contributed by atoms with E-state index in [-0.39, 0.29) is 30.1 Å². The summed E-state index contributed by atoms with van der Waals surface area (Å²) < 4.78 is 22.5. The van der Waals surface area contributed by atoms with E-state index in [0.29, 0.717) is 6.42 Å². The number of amides is 2. The minimum Gasteiger partial charge on any atom is -0.334 e. The van der Waals surface area contributed by atoms with Gasteiger partial charge in [-0.15, -0.1) is 0 Å². The maximum atomic E-state index is 11.5. The number of carbonyl (C=O) groups excluding carboxylic acids is 1. The van der Waals surface area contributed by atoms with Gasteiger partial charge in [-0.2, -0.15) is 0 Å². The Bertz CT molecular complexity index is 629. The molecule has 106 valence electrons. The van der Waals surface area contributed by atoms with Crippen LogP contribution in [0, 0.1) is 11.8 Å². The van der Waals surface area contributed by atoms with Crippen molar-refractivity contribution in [1.29, 1.82) is 0 Å². The van der Waals surface area contributed by atoms with Crippen LogP contribution in [0.15, 0.2) is 30.3 Å². The first-order valence-corrected chi connectivity index (χ1v) is 8.16. The molecule has 2 amide bonds. The van der Waals surface area contributed by atoms with Crippen molar-refractivity contribution < 1.29 is 13.2 Å². The molecule has 1 saturated heterocycles. The fourth-order valence-corrected chi connectivity index (χ4v) is 3.61. The fourth-order valence-electron chi connectivity index (χ4n) is 1.94. The lowest BCUT2D eigenvalue weighted by molar-refractivity contribution is 0.239. The third-order valence-electron chi connectivity index (χ3n) is 2.91. The molecular weight excluding hydrogens is 276 g/mol. The second-order valence-corrected chi connectivity index (χ2v) is 6.82. The van der Waals surface area contributed by atoms with Crippen molar-refractivity contribution in [2.75, 3.05) is 18.1 Å². The highest BCUT2D eigenvalue weighted by atomic mass is 32.2. The molecule has 1 unspecified atom stereocenters. The quantitative estimate of drug-likeness (QED) is 0.781. The zero-order chi connectivity index (χ0) is 14.4. The molecule has 2 rings (SSSR count). The predicted molar refractivity (Wildman–Crippen MR) is 76.9 cm³/mol. The van der Waals surface area contributed by atoms with Crippen LogP contribution in [0.3, 0.4) is 0 Å². The van der Waals surface area contributed by atoms with Gasteiger partial charge in [0.05, 0.1) is 18.1 Å². The molecule has 0 bridgehead atoms. The van der Waals surface area contributed by atoms with Crippen molar-refractivity contribution in [3.05, 3.63) is 35.9 Å². The van der Waals surface area contributed by atoms with Crippen molar-refractivity contribution >= 4 is 15.9 Å². The van der Waals surface area contributed by atoms with Gasteiger partial charge in [0.25, 0.3) is 0 Å². The van der Waals surface area contributed by atoms with Crippen LogP contribution >= 0.6 is 0 Å². The molecule has 0 spiro atoms. The van der Waals surface area contributed by atoms with Crippen LogP contribution in [0.5, 0.6) is 0 Å². The minimum absolute atomic E-state index is 0.0239. The van der Waals surface area contributed by atoms with Crippen molar-refractivity contribution in [3.63, 3.8) is 0 Å². The summed E-state index contributed by atoms with van der Waals surface area (Å²) in [6.07, 6.45) is 0.478. The highest BCUT2D eigenvalue weighted by Gasteiger charge is 2.28. The number of sulfone groups is 1. The Kier molecular flexibility index (Phi) is 4.64. The maximum absolute atomic E-state index is 11.5. The van der Waals surface area contributed by atoms with E-state index in [1.54, 1.807) is 0 Å². The van der Waals surface area contributed by atoms with Crippen LogP contribution < -0.4 is 10.6 Å². The highest BCUT2D eigenvalue weighted by molar-refractivity contribution is 7.91. The van der Waals surface area contributed by atoms with Crippen LogP contribution in [0.2, 0.25) is 0 Å². The molecule has 1 aromatic carbocycles. The molecule has 0 aromatic heterocycles. The largest absolute Gasteiger partial charge is 0.334 e. The van der Waals surface area contributed by atoms with Crippen LogP contribution in [0.4, 0.5) is 4.79 Å². The number of hydrogen-bond acceptors (Lipinski definition) is 3. The van der Waals surface area contributed by atoms with Gasteiger partial charge in [-0.3, -0.25) is 0 Å². The van der Waals surface area contributed by atoms with Gasteiger partial charge in [0.2, 0.25) is 0 Å². The first-order valence-electron chi connectivity index (χ1n) is 6.34. The summed E-state index contributed by atoms with van der Waals surface area (Å²) in [4.78, 5) is 11.5. The third kappa shape index (κ3) is 4.59. The lowest BCUT2D eigenvalue weighted by Gasteiger charge is -2.10. The molecule has 1 heterocycles. The fraction of sp³-hybridized carbons (Fsp3) is 0.357. The van der Waals surface area contributed by atoms with E-state index in [4.69, 9.17) is 0 Å². The minimum atomic E-state index is -2.97. The normalized spacial score (nSPS) is 19.7. The Morgan fingerprint density at radius 3 is 2.70 bits per heavy atom. The standard InChI is InChI=1S/C14H16N2O3S/c17-14(16-13-8-10-20(18,19)11-13)15-9-4-7-12-5-2-1-3-6-12/h1-3,5-6,13H,8-11H2,(H2,15,16,17). The summed E-state index contributed by atoms with van der Waals surface area (Å²) in [5.74, 6) is 5.92. The Hall–Kier alpha value is -2.00. The van der Waals surface area contributed by atoms with E-state index in [0.717, 1.165) is 5.56 Å². The van der Waals surface area contributed by atoms with Crippen molar-refractivity contribution in [1.82, 2.24) is 10.6 Å². The van der Waals surface area contributed by atoms with Crippen molar-refractivity contribution in [2.24, 2.45) is 0 Å². The molecule has 2 N–H and O–H groups in total. The summed E-state index contributed by atoms with van der Waals surface area (Å²) in [5, 5.41) is 5.22. The summed E-state index contributed by atoms with van der Waals surface area (Å²) in [6.45, 7) is 0.222. The van der Waals surface area contributed by atoms with Crippen LogP contribution in [0.1, 0.15) is 12.0 Å². The second-order valence-electron chi connectivity index (χ2n) is 4.59. The Morgan fingerprint density at radius 1 is 1.30 bits per heavy atom. The molecule has 20 heavy (non-hydrogen) atoms.